The van der Waals surface area contributed by atoms with Gasteiger partial charge in [-0.25, -0.2) is 0 Å². The molecule has 0 aliphatic carbocycles. The van der Waals surface area contributed by atoms with Crippen molar-refractivity contribution in [3.05, 3.63) is 23.3 Å². The van der Waals surface area contributed by atoms with Crippen LogP contribution >= 0.6 is 0 Å². The van der Waals surface area contributed by atoms with Crippen LogP contribution in [0.15, 0.2) is 17.1 Å². The summed E-state index contributed by atoms with van der Waals surface area (Å²) in [5.41, 5.74) is 9.02. The number of ether oxygens (including phenoxy) is 2. The highest BCUT2D eigenvalue weighted by Gasteiger charge is 2.16. The molecule has 2 aliphatic rings. The van der Waals surface area contributed by atoms with Crippen LogP contribution in [0.25, 0.3) is 0 Å². The van der Waals surface area contributed by atoms with Gasteiger partial charge in [-0.3, -0.25) is 4.99 Å². The lowest BCUT2D eigenvalue weighted by Gasteiger charge is -2.22. The fourth-order valence-electron chi connectivity index (χ4n) is 2.40. The van der Waals surface area contributed by atoms with Crippen LogP contribution in [0.1, 0.15) is 24.0 Å². The largest absolute Gasteiger partial charge is 0.491 e. The molecule has 0 spiro atoms. The lowest BCUT2D eigenvalue weighted by atomic mass is 10.0. The van der Waals surface area contributed by atoms with Gasteiger partial charge in [0.15, 0.2) is 0 Å². The molecule has 0 amide bonds. The molecule has 1 aromatic carbocycles. The molecule has 1 aromatic rings. The van der Waals surface area contributed by atoms with Gasteiger partial charge in [0.05, 0.1) is 18.8 Å². The summed E-state index contributed by atoms with van der Waals surface area (Å²) in [5, 5.41) is 0. The van der Waals surface area contributed by atoms with Crippen LogP contribution in [0, 0.1) is 5.92 Å². The molecule has 0 atom stereocenters. The number of fused-ring (bicyclic) bond motifs is 1. The average Bonchev–Trinajstić information content (AvgIpc) is 2.84. The van der Waals surface area contributed by atoms with Crippen molar-refractivity contribution in [2.24, 2.45) is 10.9 Å². The van der Waals surface area contributed by atoms with Crippen LogP contribution < -0.4 is 10.5 Å². The first-order valence-corrected chi connectivity index (χ1v) is 6.45. The van der Waals surface area contributed by atoms with E-state index in [1.807, 2.05) is 18.3 Å². The molecule has 0 bridgehead atoms. The number of benzene rings is 1. The molecular formula is C14H18N2O2. The summed E-state index contributed by atoms with van der Waals surface area (Å²) in [5.74, 6) is 1.38. The lowest BCUT2D eigenvalue weighted by molar-refractivity contribution is 0.0498. The normalized spacial score (nSPS) is 18.9. The molecule has 0 unspecified atom stereocenters. The van der Waals surface area contributed by atoms with E-state index in [1.54, 1.807) is 0 Å². The zero-order valence-corrected chi connectivity index (χ0v) is 10.4. The maximum atomic E-state index is 6.00. The number of aliphatic imine (C=N–C) groups is 1. The van der Waals surface area contributed by atoms with Crippen LogP contribution in [0.4, 0.5) is 5.69 Å². The molecule has 0 aromatic heterocycles. The molecule has 18 heavy (non-hydrogen) atoms. The van der Waals surface area contributed by atoms with E-state index in [0.29, 0.717) is 11.6 Å². The standard InChI is InChI=1S/C14H18N2O2/c15-13-5-11-7-16-8-12(11)6-14(13)18-9-10-1-3-17-4-2-10/h5-7,10H,1-4,8-9,15H2. The second kappa shape index (κ2) is 4.98. The Bertz CT molecular complexity index is 465. The Morgan fingerprint density at radius 1 is 1.33 bits per heavy atom. The number of hydrogen-bond donors (Lipinski definition) is 1. The molecule has 2 N–H and O–H groups in total. The first-order valence-electron chi connectivity index (χ1n) is 6.45. The maximum Gasteiger partial charge on any atom is 0.142 e. The molecule has 3 rings (SSSR count). The zero-order valence-electron chi connectivity index (χ0n) is 10.4. The Hall–Kier alpha value is -1.55. The van der Waals surface area contributed by atoms with Crippen LogP contribution in [0.5, 0.6) is 5.75 Å². The number of hydrogen-bond acceptors (Lipinski definition) is 4. The summed E-state index contributed by atoms with van der Waals surface area (Å²) >= 11 is 0. The monoisotopic (exact) mass is 246 g/mol. The molecule has 1 saturated heterocycles. The van der Waals surface area contributed by atoms with Gasteiger partial charge in [-0.1, -0.05) is 0 Å². The van der Waals surface area contributed by atoms with Crippen molar-refractivity contribution in [2.75, 3.05) is 25.6 Å². The predicted octanol–water partition coefficient (Wildman–Crippen LogP) is 2.01. The minimum atomic E-state index is 0.586. The van der Waals surface area contributed by atoms with Crippen molar-refractivity contribution >= 4 is 11.9 Å². The smallest absolute Gasteiger partial charge is 0.142 e. The molecule has 96 valence electrons. The Kier molecular flexibility index (Phi) is 3.19. The fourth-order valence-corrected chi connectivity index (χ4v) is 2.40. The first kappa shape index (κ1) is 11.5. The van der Waals surface area contributed by atoms with Gasteiger partial charge in [0, 0.05) is 19.4 Å². The van der Waals surface area contributed by atoms with Crippen LogP contribution in [0.2, 0.25) is 0 Å². The van der Waals surface area contributed by atoms with Gasteiger partial charge in [0.2, 0.25) is 0 Å². The second-order valence-corrected chi connectivity index (χ2v) is 4.93. The van der Waals surface area contributed by atoms with E-state index < -0.39 is 0 Å². The second-order valence-electron chi connectivity index (χ2n) is 4.93. The van der Waals surface area contributed by atoms with E-state index in [0.717, 1.165) is 50.5 Å². The molecule has 0 saturated carbocycles. The van der Waals surface area contributed by atoms with E-state index in [9.17, 15) is 0 Å². The Morgan fingerprint density at radius 3 is 3.00 bits per heavy atom. The zero-order chi connectivity index (χ0) is 12.4. The van der Waals surface area contributed by atoms with Crippen LogP contribution in [-0.4, -0.2) is 26.0 Å². The molecule has 4 heteroatoms. The summed E-state index contributed by atoms with van der Waals surface area (Å²) < 4.78 is 11.2. The Labute approximate surface area is 107 Å². The first-order chi connectivity index (χ1) is 8.83. The number of anilines is 1. The third kappa shape index (κ3) is 2.34. The SMILES string of the molecule is Nc1cc2c(cc1OCC1CCOCC1)CN=C2. The quantitative estimate of drug-likeness (QED) is 0.830. The van der Waals surface area contributed by atoms with Gasteiger partial charge in [-0.2, -0.15) is 0 Å². The van der Waals surface area contributed by atoms with Crippen molar-refractivity contribution in [1.82, 2.24) is 0 Å². The predicted molar refractivity (Wildman–Crippen MR) is 71.2 cm³/mol. The van der Waals surface area contributed by atoms with Gasteiger partial charge >= 0.3 is 0 Å². The Balaban J connectivity index is 1.66. The van der Waals surface area contributed by atoms with E-state index in [2.05, 4.69) is 4.99 Å². The summed E-state index contributed by atoms with van der Waals surface area (Å²) in [7, 11) is 0. The summed E-state index contributed by atoms with van der Waals surface area (Å²) in [6, 6.07) is 3.97. The minimum absolute atomic E-state index is 0.586. The number of nitrogen functional groups attached to an aromatic ring is 1. The van der Waals surface area contributed by atoms with E-state index >= 15 is 0 Å². The highest BCUT2D eigenvalue weighted by Crippen LogP contribution is 2.29. The summed E-state index contributed by atoms with van der Waals surface area (Å²) in [4.78, 5) is 4.23. The van der Waals surface area contributed by atoms with Gasteiger partial charge < -0.3 is 15.2 Å². The van der Waals surface area contributed by atoms with Crippen LogP contribution in [-0.2, 0) is 11.3 Å². The number of rotatable bonds is 3. The molecule has 2 heterocycles. The van der Waals surface area contributed by atoms with E-state index in [-0.39, 0.29) is 0 Å². The van der Waals surface area contributed by atoms with Gasteiger partial charge in [0.25, 0.3) is 0 Å². The van der Waals surface area contributed by atoms with Gasteiger partial charge in [-0.05, 0) is 42.0 Å². The van der Waals surface area contributed by atoms with E-state index in [4.69, 9.17) is 15.2 Å². The van der Waals surface area contributed by atoms with Crippen molar-refractivity contribution < 1.29 is 9.47 Å². The summed E-state index contributed by atoms with van der Waals surface area (Å²) in [6.45, 7) is 3.17. The molecule has 1 fully saturated rings. The highest BCUT2D eigenvalue weighted by molar-refractivity contribution is 5.86. The van der Waals surface area contributed by atoms with Crippen molar-refractivity contribution in [3.63, 3.8) is 0 Å². The maximum absolute atomic E-state index is 6.00. The highest BCUT2D eigenvalue weighted by atomic mass is 16.5. The van der Waals surface area contributed by atoms with Gasteiger partial charge in [0.1, 0.15) is 5.75 Å². The van der Waals surface area contributed by atoms with Crippen molar-refractivity contribution in [1.29, 1.82) is 0 Å². The topological polar surface area (TPSA) is 56.8 Å². The van der Waals surface area contributed by atoms with Crippen molar-refractivity contribution in [2.45, 2.75) is 19.4 Å². The average molecular weight is 246 g/mol. The van der Waals surface area contributed by atoms with Crippen molar-refractivity contribution in [3.8, 4) is 5.75 Å². The third-order valence-electron chi connectivity index (χ3n) is 3.58. The lowest BCUT2D eigenvalue weighted by Crippen LogP contribution is -2.21. The molecular weight excluding hydrogens is 228 g/mol. The summed E-state index contributed by atoms with van der Waals surface area (Å²) in [6.07, 6.45) is 4.02. The minimum Gasteiger partial charge on any atom is -0.491 e. The molecule has 2 aliphatic heterocycles. The number of nitrogens with zero attached hydrogens (tertiary/aromatic N) is 1. The number of nitrogens with two attached hydrogens (primary N) is 1. The van der Waals surface area contributed by atoms with Gasteiger partial charge in [-0.15, -0.1) is 0 Å². The van der Waals surface area contributed by atoms with E-state index in [1.165, 1.54) is 5.56 Å². The fraction of sp³-hybridized carbons (Fsp3) is 0.500. The molecule has 0 radical (unpaired) electrons. The Morgan fingerprint density at radius 2 is 2.17 bits per heavy atom. The van der Waals surface area contributed by atoms with Crippen LogP contribution in [0.3, 0.4) is 0 Å². The molecule has 4 nitrogen and oxygen atoms in total. The third-order valence-corrected chi connectivity index (χ3v) is 3.58.